The van der Waals surface area contributed by atoms with Gasteiger partial charge in [0.15, 0.2) is 0 Å². The average molecular weight is 132 g/mol. The molecule has 1 unspecified atom stereocenters. The van der Waals surface area contributed by atoms with Crippen LogP contribution in [0.3, 0.4) is 0 Å². The lowest BCUT2D eigenvalue weighted by atomic mass is 11.6. The summed E-state index contributed by atoms with van der Waals surface area (Å²) < 4.78 is 38.5. The number of hydrogen-bond acceptors (Lipinski definition) is 1. The summed E-state index contributed by atoms with van der Waals surface area (Å²) in [5, 5.41) is 4.14. The van der Waals surface area contributed by atoms with Crippen LogP contribution in [0.4, 0.5) is 13.2 Å². The topological polar surface area (TPSA) is 49.9 Å². The van der Waals surface area contributed by atoms with Gasteiger partial charge in [-0.25, -0.2) is 0 Å². The lowest BCUT2D eigenvalue weighted by Gasteiger charge is -2.00. The molecule has 0 aliphatic heterocycles. The molecule has 0 saturated carbocycles. The Balaban J connectivity index is 3.79. The van der Waals surface area contributed by atoms with Gasteiger partial charge in [0.05, 0.1) is 10.9 Å². The van der Waals surface area contributed by atoms with Crippen LogP contribution in [-0.2, 0) is 10.9 Å². The second-order valence-electron chi connectivity index (χ2n) is 0.784. The van der Waals surface area contributed by atoms with Crippen molar-refractivity contribution >= 4 is 10.9 Å². The molecule has 0 radical (unpaired) electrons. The summed E-state index contributed by atoms with van der Waals surface area (Å²) in [4.78, 5) is 0. The minimum Gasteiger partial charge on any atom is -0.262 e. The van der Waals surface area contributed by atoms with E-state index in [0.29, 0.717) is 0 Å². The molecule has 0 aromatic rings. The fourth-order valence-corrected chi connectivity index (χ4v) is 0. The van der Waals surface area contributed by atoms with E-state index in [2.05, 4.69) is 5.14 Å². The van der Waals surface area contributed by atoms with E-state index in [1.807, 2.05) is 0 Å². The summed E-state index contributed by atoms with van der Waals surface area (Å²) in [5.74, 6) is 0. The first-order valence-corrected chi connectivity index (χ1v) is 2.50. The summed E-state index contributed by atoms with van der Waals surface area (Å²) in [5.41, 5.74) is -4.53. The number of rotatable bonds is 0. The molecule has 6 heteroatoms. The van der Waals surface area contributed by atoms with E-state index in [4.69, 9.17) is 4.78 Å². The summed E-state index contributed by atoms with van der Waals surface area (Å²) in [7, 11) is -2.68. The predicted molar refractivity (Wildman–Crippen MR) is 20.3 cm³/mol. The van der Waals surface area contributed by atoms with Crippen LogP contribution < -0.4 is 5.14 Å². The molecule has 0 heterocycles. The maximum atomic E-state index is 10.9. The number of halogens is 3. The maximum absolute atomic E-state index is 10.9. The largest absolute Gasteiger partial charge is 0.465 e. The van der Waals surface area contributed by atoms with E-state index < -0.39 is 16.4 Å². The Kier molecular flexibility index (Phi) is 1.76. The highest BCUT2D eigenvalue weighted by atomic mass is 32.2. The van der Waals surface area contributed by atoms with Crippen LogP contribution >= 0.6 is 0 Å². The third kappa shape index (κ3) is 2.58. The second kappa shape index (κ2) is 1.79. The van der Waals surface area contributed by atoms with Gasteiger partial charge in [-0.15, -0.1) is 0 Å². The molecule has 0 aromatic carbocycles. The van der Waals surface area contributed by atoms with Crippen LogP contribution in [0.1, 0.15) is 0 Å². The predicted octanol–water partition coefficient (Wildman–Crippen LogP) is 0.761. The molecule has 0 aromatic heterocycles. The van der Waals surface area contributed by atoms with Crippen molar-refractivity contribution in [2.75, 3.05) is 0 Å². The summed E-state index contributed by atoms with van der Waals surface area (Å²) >= 11 is 0. The van der Waals surface area contributed by atoms with Crippen LogP contribution in [-0.4, -0.2) is 5.51 Å². The monoisotopic (exact) mass is 132 g/mol. The minimum absolute atomic E-state index is 2.68. The van der Waals surface area contributed by atoms with Crippen LogP contribution in [0.2, 0.25) is 0 Å². The van der Waals surface area contributed by atoms with Crippen LogP contribution in [0.5, 0.6) is 0 Å². The Labute approximate surface area is 40.5 Å². The van der Waals surface area contributed by atoms with E-state index in [-0.39, 0.29) is 0 Å². The van der Waals surface area contributed by atoms with Crippen molar-refractivity contribution in [1.29, 1.82) is 4.78 Å². The lowest BCUT2D eigenvalue weighted by Crippen LogP contribution is -2.21. The van der Waals surface area contributed by atoms with Gasteiger partial charge in [-0.05, 0) is 0 Å². The van der Waals surface area contributed by atoms with Gasteiger partial charge in [0.25, 0.3) is 0 Å². The van der Waals surface area contributed by atoms with Crippen molar-refractivity contribution in [2.45, 2.75) is 5.51 Å². The van der Waals surface area contributed by atoms with Gasteiger partial charge in [0, 0.05) is 0 Å². The Morgan fingerprint density at radius 3 is 1.57 bits per heavy atom. The molecule has 0 bridgehead atoms. The third-order valence-electron chi connectivity index (χ3n) is 0.249. The van der Waals surface area contributed by atoms with E-state index in [0.717, 1.165) is 0 Å². The highest BCUT2D eigenvalue weighted by Crippen LogP contribution is 2.16. The molecule has 0 aliphatic carbocycles. The molecule has 0 saturated heterocycles. The first-order valence-electron chi connectivity index (χ1n) is 1.21. The highest BCUT2D eigenvalue weighted by Gasteiger charge is 2.30. The van der Waals surface area contributed by atoms with Crippen molar-refractivity contribution < 1.29 is 13.2 Å². The van der Waals surface area contributed by atoms with Crippen molar-refractivity contribution in [3.63, 3.8) is 0 Å². The molecule has 44 valence electrons. The highest BCUT2D eigenvalue weighted by molar-refractivity contribution is 7.84. The summed E-state index contributed by atoms with van der Waals surface area (Å²) in [6.45, 7) is 0. The molecule has 0 aliphatic rings. The Morgan fingerprint density at radius 2 is 1.57 bits per heavy atom. The SMILES string of the molecule is N=S(N)C(F)(F)F. The van der Waals surface area contributed by atoms with Gasteiger partial charge in [-0.2, -0.15) is 13.2 Å². The van der Waals surface area contributed by atoms with Crippen LogP contribution in [0, 0.1) is 4.78 Å². The van der Waals surface area contributed by atoms with Gasteiger partial charge in [-0.1, -0.05) is 0 Å². The Hall–Kier alpha value is -0.100. The lowest BCUT2D eigenvalue weighted by molar-refractivity contribution is -0.0360. The molecule has 2 nitrogen and oxygen atoms in total. The minimum atomic E-state index is -4.53. The zero-order valence-corrected chi connectivity index (χ0v) is 3.94. The zero-order chi connectivity index (χ0) is 6.08. The van der Waals surface area contributed by atoms with Gasteiger partial charge in [-0.3, -0.25) is 9.92 Å². The van der Waals surface area contributed by atoms with Crippen LogP contribution in [0.15, 0.2) is 0 Å². The molecule has 3 N–H and O–H groups in total. The average Bonchev–Trinajstić information content (AvgIpc) is 1.31. The van der Waals surface area contributed by atoms with E-state index in [1.54, 1.807) is 0 Å². The quantitative estimate of drug-likeness (QED) is 0.502. The molecular formula is CH3F3N2S. The molecule has 1 atom stereocenters. The van der Waals surface area contributed by atoms with Crippen molar-refractivity contribution in [3.05, 3.63) is 0 Å². The number of nitrogens with two attached hydrogens (primary N) is 1. The van der Waals surface area contributed by atoms with Crippen LogP contribution in [0.25, 0.3) is 0 Å². The van der Waals surface area contributed by atoms with E-state index >= 15 is 0 Å². The third-order valence-corrected chi connectivity index (χ3v) is 0.748. The fourth-order valence-electron chi connectivity index (χ4n) is 0. The maximum Gasteiger partial charge on any atom is 0.465 e. The number of hydrogen-bond donors (Lipinski definition) is 2. The smallest absolute Gasteiger partial charge is 0.262 e. The molecule has 0 amide bonds. The van der Waals surface area contributed by atoms with Gasteiger partial charge in [0.2, 0.25) is 0 Å². The summed E-state index contributed by atoms with van der Waals surface area (Å²) in [6, 6.07) is 0. The number of alkyl halides is 3. The molecule has 7 heavy (non-hydrogen) atoms. The Morgan fingerprint density at radius 1 is 1.43 bits per heavy atom. The zero-order valence-electron chi connectivity index (χ0n) is 3.12. The van der Waals surface area contributed by atoms with Gasteiger partial charge in [0.1, 0.15) is 0 Å². The Bertz CT molecular complexity index is 85.4. The first kappa shape index (κ1) is 6.90. The van der Waals surface area contributed by atoms with Crippen molar-refractivity contribution in [3.8, 4) is 0 Å². The number of nitrogens with one attached hydrogen (secondary N) is 1. The van der Waals surface area contributed by atoms with E-state index in [1.165, 1.54) is 0 Å². The molecule has 0 rings (SSSR count). The molecule has 0 spiro atoms. The van der Waals surface area contributed by atoms with Crippen molar-refractivity contribution in [2.24, 2.45) is 5.14 Å². The standard InChI is InChI=1S/CH3F3N2S/c2-1(3,4)7(5)6/h(H3,5,6). The van der Waals surface area contributed by atoms with Gasteiger partial charge < -0.3 is 0 Å². The van der Waals surface area contributed by atoms with Crippen molar-refractivity contribution in [1.82, 2.24) is 0 Å². The fraction of sp³-hybridized carbons (Fsp3) is 1.00. The second-order valence-corrected chi connectivity index (χ2v) is 1.92. The van der Waals surface area contributed by atoms with Gasteiger partial charge >= 0.3 is 5.51 Å². The molecular weight excluding hydrogens is 129 g/mol. The molecule has 0 fully saturated rings. The first-order chi connectivity index (χ1) is 2.94. The summed E-state index contributed by atoms with van der Waals surface area (Å²) in [6.07, 6.45) is 0. The van der Waals surface area contributed by atoms with E-state index in [9.17, 15) is 13.2 Å². The normalized spacial score (nSPS) is 16.6.